The van der Waals surface area contributed by atoms with Crippen LogP contribution in [-0.4, -0.2) is 40.6 Å². The maximum atomic E-state index is 12.3. The minimum Gasteiger partial charge on any atom is -0.481 e. The molecule has 1 saturated carbocycles. The zero-order valence-corrected chi connectivity index (χ0v) is 12.2. The maximum Gasteiger partial charge on any atom is 0.317 e. The van der Waals surface area contributed by atoms with Gasteiger partial charge in [0.1, 0.15) is 0 Å². The van der Waals surface area contributed by atoms with Gasteiger partial charge < -0.3 is 15.3 Å². The second kappa shape index (κ2) is 7.13. The molecule has 0 aromatic carbocycles. The first-order chi connectivity index (χ1) is 9.38. The van der Waals surface area contributed by atoms with Crippen LogP contribution in [0.1, 0.15) is 46.0 Å². The van der Waals surface area contributed by atoms with Gasteiger partial charge >= 0.3 is 12.0 Å². The van der Waals surface area contributed by atoms with Crippen LogP contribution in [-0.2, 0) is 4.79 Å². The van der Waals surface area contributed by atoms with Crippen molar-refractivity contribution in [3.8, 4) is 6.07 Å². The van der Waals surface area contributed by atoms with Crippen molar-refractivity contribution in [3.05, 3.63) is 0 Å². The van der Waals surface area contributed by atoms with E-state index in [0.29, 0.717) is 31.8 Å². The number of hydrogen-bond acceptors (Lipinski definition) is 3. The van der Waals surface area contributed by atoms with Crippen molar-refractivity contribution in [2.45, 2.75) is 51.5 Å². The Kier molecular flexibility index (Phi) is 5.81. The largest absolute Gasteiger partial charge is 0.481 e. The Labute approximate surface area is 119 Å². The fourth-order valence-corrected chi connectivity index (χ4v) is 2.45. The van der Waals surface area contributed by atoms with Crippen LogP contribution in [0.15, 0.2) is 0 Å². The van der Waals surface area contributed by atoms with Gasteiger partial charge in [-0.15, -0.1) is 0 Å². The number of rotatable bonds is 7. The molecule has 6 heteroatoms. The lowest BCUT2D eigenvalue weighted by atomic mass is 9.74. The molecule has 20 heavy (non-hydrogen) atoms. The van der Waals surface area contributed by atoms with Crippen LogP contribution in [0.5, 0.6) is 0 Å². The zero-order chi connectivity index (χ0) is 15.2. The summed E-state index contributed by atoms with van der Waals surface area (Å²) in [5.41, 5.74) is -0.592. The Morgan fingerprint density at radius 1 is 1.45 bits per heavy atom. The highest BCUT2D eigenvalue weighted by Gasteiger charge is 2.41. The van der Waals surface area contributed by atoms with Crippen molar-refractivity contribution in [1.29, 1.82) is 5.26 Å². The summed E-state index contributed by atoms with van der Waals surface area (Å²) in [5.74, 6) is -0.589. The van der Waals surface area contributed by atoms with E-state index in [1.165, 1.54) is 0 Å². The summed E-state index contributed by atoms with van der Waals surface area (Å²) in [6.07, 6.45) is 2.60. The first-order valence-electron chi connectivity index (χ1n) is 7.04. The van der Waals surface area contributed by atoms with Crippen molar-refractivity contribution in [2.24, 2.45) is 5.92 Å². The molecule has 0 aromatic rings. The topological polar surface area (TPSA) is 93.4 Å². The fourth-order valence-electron chi connectivity index (χ4n) is 2.45. The monoisotopic (exact) mass is 281 g/mol. The van der Waals surface area contributed by atoms with Gasteiger partial charge in [0.2, 0.25) is 0 Å². The normalized spacial score (nSPS) is 16.1. The van der Waals surface area contributed by atoms with Crippen LogP contribution >= 0.6 is 0 Å². The average Bonchev–Trinajstić information content (AvgIpc) is 2.30. The quantitative estimate of drug-likeness (QED) is 0.746. The van der Waals surface area contributed by atoms with Gasteiger partial charge in [-0.05, 0) is 25.2 Å². The number of hydrogen-bond donors (Lipinski definition) is 2. The van der Waals surface area contributed by atoms with Gasteiger partial charge in [0.05, 0.1) is 24.4 Å². The number of nitriles is 1. The highest BCUT2D eigenvalue weighted by atomic mass is 16.4. The number of carboxylic acid groups (broad SMARTS) is 1. The Bertz CT molecular complexity index is 397. The summed E-state index contributed by atoms with van der Waals surface area (Å²) in [4.78, 5) is 24.8. The molecule has 6 nitrogen and oxygen atoms in total. The van der Waals surface area contributed by atoms with E-state index in [1.54, 1.807) is 4.90 Å². The molecule has 1 aliphatic rings. The van der Waals surface area contributed by atoms with Gasteiger partial charge in [-0.25, -0.2) is 4.79 Å². The second-order valence-corrected chi connectivity index (χ2v) is 5.88. The van der Waals surface area contributed by atoms with Crippen LogP contribution in [0, 0.1) is 17.2 Å². The number of carbonyl (C=O) groups excluding carboxylic acids is 1. The zero-order valence-electron chi connectivity index (χ0n) is 12.2. The van der Waals surface area contributed by atoms with E-state index in [1.807, 2.05) is 19.9 Å². The standard InChI is InChI=1S/C14H23N3O3/c1-11(2)10-17(8-4-7-15)13(20)16-14(5-3-6-14)9-12(18)19/h11H,3-6,8-10H2,1-2H3,(H,16,20)(H,18,19). The summed E-state index contributed by atoms with van der Waals surface area (Å²) in [6, 6.07) is 1.78. The predicted octanol–water partition coefficient (Wildman–Crippen LogP) is 1.97. The molecule has 1 aliphatic carbocycles. The minimum atomic E-state index is -0.891. The molecular formula is C14H23N3O3. The summed E-state index contributed by atoms with van der Waals surface area (Å²) in [7, 11) is 0. The summed E-state index contributed by atoms with van der Waals surface area (Å²) < 4.78 is 0. The van der Waals surface area contributed by atoms with E-state index in [2.05, 4.69) is 5.32 Å². The molecule has 1 rings (SSSR count). The summed E-state index contributed by atoms with van der Waals surface area (Å²) in [6.45, 7) is 4.95. The van der Waals surface area contributed by atoms with Crippen molar-refractivity contribution in [3.63, 3.8) is 0 Å². The summed E-state index contributed by atoms with van der Waals surface area (Å²) in [5, 5.41) is 20.5. The van der Waals surface area contributed by atoms with Gasteiger partial charge in [0.25, 0.3) is 0 Å². The molecule has 2 amide bonds. The molecule has 0 heterocycles. The molecule has 0 radical (unpaired) electrons. The number of nitrogens with one attached hydrogen (secondary N) is 1. The van der Waals surface area contributed by atoms with Crippen LogP contribution in [0.2, 0.25) is 0 Å². The van der Waals surface area contributed by atoms with Gasteiger partial charge in [0.15, 0.2) is 0 Å². The maximum absolute atomic E-state index is 12.3. The Balaban J connectivity index is 2.64. The van der Waals surface area contributed by atoms with Gasteiger partial charge in [-0.1, -0.05) is 13.8 Å². The van der Waals surface area contributed by atoms with Gasteiger partial charge in [-0.3, -0.25) is 4.79 Å². The molecule has 0 bridgehead atoms. The van der Waals surface area contributed by atoms with E-state index < -0.39 is 11.5 Å². The third-order valence-corrected chi connectivity index (χ3v) is 3.54. The number of aliphatic carboxylic acids is 1. The summed E-state index contributed by atoms with van der Waals surface area (Å²) >= 11 is 0. The SMILES string of the molecule is CC(C)CN(CCC#N)C(=O)NC1(CC(=O)O)CCC1. The predicted molar refractivity (Wildman–Crippen MR) is 74.0 cm³/mol. The molecule has 0 aromatic heterocycles. The molecule has 0 aliphatic heterocycles. The van der Waals surface area contributed by atoms with Crippen molar-refractivity contribution < 1.29 is 14.7 Å². The lowest BCUT2D eigenvalue weighted by Gasteiger charge is -2.42. The third kappa shape index (κ3) is 4.72. The number of nitrogens with zero attached hydrogens (tertiary/aromatic N) is 2. The number of urea groups is 1. The van der Waals surface area contributed by atoms with Crippen molar-refractivity contribution in [1.82, 2.24) is 10.2 Å². The Morgan fingerprint density at radius 2 is 2.10 bits per heavy atom. The van der Waals surface area contributed by atoms with E-state index >= 15 is 0 Å². The van der Waals surface area contributed by atoms with Gasteiger partial charge in [0, 0.05) is 13.1 Å². The molecule has 2 N–H and O–H groups in total. The molecule has 112 valence electrons. The molecular weight excluding hydrogens is 258 g/mol. The van der Waals surface area contributed by atoms with Crippen LogP contribution in [0.3, 0.4) is 0 Å². The minimum absolute atomic E-state index is 0.0352. The first-order valence-corrected chi connectivity index (χ1v) is 7.04. The molecule has 0 atom stereocenters. The highest BCUT2D eigenvalue weighted by Crippen LogP contribution is 2.35. The van der Waals surface area contributed by atoms with Crippen molar-refractivity contribution in [2.75, 3.05) is 13.1 Å². The Hall–Kier alpha value is -1.77. The smallest absolute Gasteiger partial charge is 0.317 e. The fraction of sp³-hybridized carbons (Fsp3) is 0.786. The first kappa shape index (κ1) is 16.3. The Morgan fingerprint density at radius 3 is 2.50 bits per heavy atom. The lowest BCUT2D eigenvalue weighted by molar-refractivity contribution is -0.139. The van der Waals surface area contributed by atoms with E-state index in [-0.39, 0.29) is 18.9 Å². The van der Waals surface area contributed by atoms with Gasteiger partial charge in [-0.2, -0.15) is 5.26 Å². The number of amides is 2. The molecule has 0 spiro atoms. The number of carbonyl (C=O) groups is 2. The highest BCUT2D eigenvalue weighted by molar-refractivity contribution is 5.77. The van der Waals surface area contributed by atoms with E-state index in [0.717, 1.165) is 6.42 Å². The molecule has 1 fully saturated rings. The number of carboxylic acids is 1. The van der Waals surface area contributed by atoms with Crippen LogP contribution in [0.25, 0.3) is 0 Å². The lowest BCUT2D eigenvalue weighted by Crippen LogP contribution is -2.58. The molecule has 0 saturated heterocycles. The average molecular weight is 281 g/mol. The van der Waals surface area contributed by atoms with Crippen LogP contribution < -0.4 is 5.32 Å². The third-order valence-electron chi connectivity index (χ3n) is 3.54. The van der Waals surface area contributed by atoms with Crippen molar-refractivity contribution >= 4 is 12.0 Å². The van der Waals surface area contributed by atoms with Crippen LogP contribution in [0.4, 0.5) is 4.79 Å². The molecule has 0 unspecified atom stereocenters. The van der Waals surface area contributed by atoms with E-state index in [4.69, 9.17) is 10.4 Å². The van der Waals surface area contributed by atoms with E-state index in [9.17, 15) is 9.59 Å². The second-order valence-electron chi connectivity index (χ2n) is 5.88.